The van der Waals surface area contributed by atoms with Gasteiger partial charge in [0.05, 0.1) is 5.69 Å². The highest BCUT2D eigenvalue weighted by Gasteiger charge is 2.30. The molecule has 0 saturated heterocycles. The lowest BCUT2D eigenvalue weighted by Gasteiger charge is -2.12. The van der Waals surface area contributed by atoms with E-state index < -0.39 is 11.5 Å². The van der Waals surface area contributed by atoms with E-state index in [0.717, 1.165) is 0 Å². The van der Waals surface area contributed by atoms with Crippen LogP contribution in [0.5, 0.6) is 0 Å². The number of alkyl halides is 3. The van der Waals surface area contributed by atoms with E-state index in [1.807, 2.05) is 0 Å². The Morgan fingerprint density at radius 1 is 1.35 bits per heavy atom. The molecule has 2 amide bonds. The number of hydrogen-bond donors (Lipinski definition) is 2. The van der Waals surface area contributed by atoms with Crippen molar-refractivity contribution in [2.75, 3.05) is 11.9 Å². The second-order valence-corrected chi connectivity index (χ2v) is 5.52. The monoisotopic (exact) mass is 346 g/mol. The van der Waals surface area contributed by atoms with Crippen molar-refractivity contribution >= 4 is 23.5 Å². The minimum Gasteiger partial charge on any atom is -0.339 e. The molecule has 0 bridgehead atoms. The zero-order valence-corrected chi connectivity index (χ0v) is 12.8. The summed E-state index contributed by atoms with van der Waals surface area (Å²) in [4.78, 5) is 15.6. The second kappa shape index (κ2) is 7.36. The lowest BCUT2D eigenvalue weighted by Crippen LogP contribution is -2.30. The number of nitrogens with zero attached hydrogens (tertiary/aromatic N) is 2. The van der Waals surface area contributed by atoms with Crippen LogP contribution in [-0.4, -0.2) is 28.2 Å². The quantitative estimate of drug-likeness (QED) is 0.812. The number of para-hydroxylation sites is 1. The van der Waals surface area contributed by atoms with Gasteiger partial charge in [-0.2, -0.15) is 18.2 Å². The molecule has 1 heterocycles. The molecule has 0 spiro atoms. The summed E-state index contributed by atoms with van der Waals surface area (Å²) in [5.41, 5.74) is -4.34. The molecule has 23 heavy (non-hydrogen) atoms. The molecule has 2 aromatic rings. The van der Waals surface area contributed by atoms with Gasteiger partial charge in [0.2, 0.25) is 5.89 Å². The molecule has 0 aliphatic heterocycles. The predicted molar refractivity (Wildman–Crippen MR) is 78.1 cm³/mol. The van der Waals surface area contributed by atoms with E-state index in [-0.39, 0.29) is 28.9 Å². The minimum absolute atomic E-state index is 0.0809. The lowest BCUT2D eigenvalue weighted by atomic mass is 10.3. The Morgan fingerprint density at radius 2 is 2.09 bits per heavy atom. The van der Waals surface area contributed by atoms with Crippen LogP contribution in [0.4, 0.5) is 23.7 Å². The third kappa shape index (κ3) is 5.81. The van der Waals surface area contributed by atoms with Gasteiger partial charge in [-0.05, 0) is 30.8 Å². The van der Waals surface area contributed by atoms with Gasteiger partial charge in [-0.1, -0.05) is 17.3 Å². The van der Waals surface area contributed by atoms with Crippen molar-refractivity contribution in [3.63, 3.8) is 0 Å². The van der Waals surface area contributed by atoms with Crippen molar-refractivity contribution in [2.45, 2.75) is 23.7 Å². The highest BCUT2D eigenvalue weighted by atomic mass is 32.2. The van der Waals surface area contributed by atoms with Gasteiger partial charge in [0, 0.05) is 17.9 Å². The van der Waals surface area contributed by atoms with E-state index in [4.69, 9.17) is 4.52 Å². The highest BCUT2D eigenvalue weighted by molar-refractivity contribution is 8.00. The maximum atomic E-state index is 12.5. The number of rotatable bonds is 5. The van der Waals surface area contributed by atoms with Crippen LogP contribution in [-0.2, 0) is 6.42 Å². The molecule has 0 saturated carbocycles. The minimum atomic E-state index is -4.43. The van der Waals surface area contributed by atoms with E-state index in [2.05, 4.69) is 20.8 Å². The average Bonchev–Trinajstić information content (AvgIpc) is 2.85. The summed E-state index contributed by atoms with van der Waals surface area (Å²) in [6, 6.07) is 5.08. The first kappa shape index (κ1) is 17.1. The van der Waals surface area contributed by atoms with Crippen LogP contribution in [0.15, 0.2) is 33.7 Å². The van der Waals surface area contributed by atoms with Gasteiger partial charge in [0.25, 0.3) is 0 Å². The molecular formula is C13H13F3N4O2S. The summed E-state index contributed by atoms with van der Waals surface area (Å²) >= 11 is -0.283. The van der Waals surface area contributed by atoms with Crippen molar-refractivity contribution in [3.05, 3.63) is 36.0 Å². The molecule has 0 unspecified atom stereocenters. The molecule has 0 radical (unpaired) electrons. The van der Waals surface area contributed by atoms with Gasteiger partial charge in [-0.25, -0.2) is 4.79 Å². The number of urea groups is 1. The molecule has 0 atom stereocenters. The summed E-state index contributed by atoms with van der Waals surface area (Å²) in [6.07, 6.45) is 0.327. The normalized spacial score (nSPS) is 11.3. The largest absolute Gasteiger partial charge is 0.446 e. The fourth-order valence-electron chi connectivity index (χ4n) is 1.67. The Kier molecular flexibility index (Phi) is 5.48. The van der Waals surface area contributed by atoms with E-state index in [1.54, 1.807) is 6.92 Å². The third-order valence-corrected chi connectivity index (χ3v) is 3.36. The van der Waals surface area contributed by atoms with Crippen LogP contribution in [0.25, 0.3) is 0 Å². The molecule has 0 aliphatic rings. The van der Waals surface area contributed by atoms with E-state index in [9.17, 15) is 18.0 Å². The van der Waals surface area contributed by atoms with Crippen LogP contribution in [0, 0.1) is 6.92 Å². The summed E-state index contributed by atoms with van der Waals surface area (Å²) in [6.45, 7) is 1.88. The molecule has 0 aliphatic carbocycles. The zero-order chi connectivity index (χ0) is 16.9. The number of benzene rings is 1. The highest BCUT2D eigenvalue weighted by Crippen LogP contribution is 2.40. The Labute approximate surface area is 133 Å². The standard InChI is InChI=1S/C13H13F3N4O2S/c1-8-18-11(22-20-8)6-7-17-12(21)19-9-4-2-3-5-10(9)23-13(14,15)16/h2-5H,6-7H2,1H3,(H2,17,19,21). The fourth-order valence-corrected chi connectivity index (χ4v) is 2.30. The first-order chi connectivity index (χ1) is 10.8. The smallest absolute Gasteiger partial charge is 0.339 e. The molecule has 124 valence electrons. The molecule has 2 rings (SSSR count). The van der Waals surface area contributed by atoms with E-state index in [1.165, 1.54) is 24.3 Å². The number of anilines is 1. The number of hydrogen-bond acceptors (Lipinski definition) is 5. The maximum absolute atomic E-state index is 12.5. The van der Waals surface area contributed by atoms with Crippen LogP contribution < -0.4 is 10.6 Å². The molecule has 1 aromatic heterocycles. The zero-order valence-electron chi connectivity index (χ0n) is 12.0. The third-order valence-electron chi connectivity index (χ3n) is 2.56. The lowest BCUT2D eigenvalue weighted by molar-refractivity contribution is -0.0328. The van der Waals surface area contributed by atoms with E-state index in [0.29, 0.717) is 18.1 Å². The fraction of sp³-hybridized carbons (Fsp3) is 0.308. The number of aryl methyl sites for hydroxylation is 1. The van der Waals surface area contributed by atoms with Gasteiger partial charge in [0.1, 0.15) is 0 Å². The number of amides is 2. The summed E-state index contributed by atoms with van der Waals surface area (Å²) in [5.74, 6) is 0.860. The number of thioether (sulfide) groups is 1. The van der Waals surface area contributed by atoms with Crippen LogP contribution in [0.1, 0.15) is 11.7 Å². The van der Waals surface area contributed by atoms with Crippen molar-refractivity contribution in [1.82, 2.24) is 15.5 Å². The predicted octanol–water partition coefficient (Wildman–Crippen LogP) is 3.35. The number of nitrogens with one attached hydrogen (secondary N) is 2. The molecule has 10 heteroatoms. The maximum Gasteiger partial charge on any atom is 0.446 e. The summed E-state index contributed by atoms with van der Waals surface area (Å²) < 4.78 is 42.3. The van der Waals surface area contributed by atoms with Crippen molar-refractivity contribution in [3.8, 4) is 0 Å². The Morgan fingerprint density at radius 3 is 2.74 bits per heavy atom. The Balaban J connectivity index is 1.87. The first-order valence-electron chi connectivity index (χ1n) is 6.52. The molecular weight excluding hydrogens is 333 g/mol. The SMILES string of the molecule is Cc1noc(CCNC(=O)Nc2ccccc2SC(F)(F)F)n1. The van der Waals surface area contributed by atoms with Crippen LogP contribution >= 0.6 is 11.8 Å². The Hall–Kier alpha value is -2.23. The van der Waals surface area contributed by atoms with Crippen molar-refractivity contribution in [1.29, 1.82) is 0 Å². The van der Waals surface area contributed by atoms with Gasteiger partial charge in [-0.15, -0.1) is 0 Å². The van der Waals surface area contributed by atoms with Gasteiger partial charge >= 0.3 is 11.5 Å². The molecule has 6 nitrogen and oxygen atoms in total. The second-order valence-electron chi connectivity index (χ2n) is 4.41. The summed E-state index contributed by atoms with van der Waals surface area (Å²) in [5, 5.41) is 8.50. The average molecular weight is 346 g/mol. The van der Waals surface area contributed by atoms with Crippen LogP contribution in [0.2, 0.25) is 0 Å². The first-order valence-corrected chi connectivity index (χ1v) is 7.34. The molecule has 1 aromatic carbocycles. The van der Waals surface area contributed by atoms with E-state index >= 15 is 0 Å². The summed E-state index contributed by atoms with van der Waals surface area (Å²) in [7, 11) is 0. The van der Waals surface area contributed by atoms with Crippen molar-refractivity contribution < 1.29 is 22.5 Å². The Bertz CT molecular complexity index is 675. The topological polar surface area (TPSA) is 80.0 Å². The number of carbonyl (C=O) groups excluding carboxylic acids is 1. The van der Waals surface area contributed by atoms with Gasteiger partial charge in [0.15, 0.2) is 5.82 Å². The number of halogens is 3. The van der Waals surface area contributed by atoms with Gasteiger partial charge in [-0.3, -0.25) is 0 Å². The molecule has 2 N–H and O–H groups in total. The number of carbonyl (C=O) groups is 1. The van der Waals surface area contributed by atoms with Crippen molar-refractivity contribution in [2.24, 2.45) is 0 Å². The van der Waals surface area contributed by atoms with Gasteiger partial charge < -0.3 is 15.2 Å². The molecule has 0 fully saturated rings. The van der Waals surface area contributed by atoms with Crippen LogP contribution in [0.3, 0.4) is 0 Å². The number of aromatic nitrogens is 2.